The third kappa shape index (κ3) is 3.26. The minimum absolute atomic E-state index is 0.265. The van der Waals surface area contributed by atoms with Gasteiger partial charge in [-0.25, -0.2) is 13.2 Å². The number of rotatable bonds is 4. The van der Waals surface area contributed by atoms with E-state index in [1.54, 1.807) is 6.07 Å². The molecule has 0 saturated heterocycles. The van der Waals surface area contributed by atoms with Crippen molar-refractivity contribution in [3.63, 3.8) is 0 Å². The van der Waals surface area contributed by atoms with Crippen LogP contribution in [0.15, 0.2) is 42.5 Å². The molecule has 2 aromatic carbocycles. The summed E-state index contributed by atoms with van der Waals surface area (Å²) in [5, 5.41) is 9.34. The number of halogens is 3. The molecule has 3 aromatic rings. The standard InChI is InChI=1S/C18H14F3N3O/c1-2-14-17(16(24-23-14)10-5-3-6-11(19)9-10)22-18(25)15-12(20)7-4-8-13(15)21/h3-9H,2H2,1H3,(H,22,25)(H,23,24). The predicted molar refractivity (Wildman–Crippen MR) is 87.7 cm³/mol. The Morgan fingerprint density at radius 1 is 1.12 bits per heavy atom. The third-order valence-corrected chi connectivity index (χ3v) is 3.72. The van der Waals surface area contributed by atoms with E-state index in [9.17, 15) is 18.0 Å². The first-order chi connectivity index (χ1) is 12.0. The molecule has 3 rings (SSSR count). The zero-order valence-electron chi connectivity index (χ0n) is 13.2. The molecule has 0 radical (unpaired) electrons. The van der Waals surface area contributed by atoms with Crippen molar-refractivity contribution in [3.8, 4) is 11.3 Å². The number of aromatic amines is 1. The van der Waals surface area contributed by atoms with E-state index in [2.05, 4.69) is 15.5 Å². The lowest BCUT2D eigenvalue weighted by molar-refractivity contribution is 0.101. The van der Waals surface area contributed by atoms with Crippen LogP contribution in [0.2, 0.25) is 0 Å². The third-order valence-electron chi connectivity index (χ3n) is 3.72. The molecule has 0 saturated carbocycles. The Bertz CT molecular complexity index is 917. The smallest absolute Gasteiger partial charge is 0.261 e. The lowest BCUT2D eigenvalue weighted by Gasteiger charge is -2.09. The number of benzene rings is 2. The molecule has 2 N–H and O–H groups in total. The van der Waals surface area contributed by atoms with Crippen molar-refractivity contribution in [2.45, 2.75) is 13.3 Å². The molecule has 1 amide bonds. The van der Waals surface area contributed by atoms with Crippen molar-refractivity contribution >= 4 is 11.6 Å². The van der Waals surface area contributed by atoms with E-state index in [1.807, 2.05) is 6.92 Å². The van der Waals surface area contributed by atoms with Gasteiger partial charge >= 0.3 is 0 Å². The summed E-state index contributed by atoms with van der Waals surface area (Å²) in [7, 11) is 0. The van der Waals surface area contributed by atoms with Gasteiger partial charge in [0.25, 0.3) is 5.91 Å². The SMILES string of the molecule is CCc1[nH]nc(-c2cccc(F)c2)c1NC(=O)c1c(F)cccc1F. The summed E-state index contributed by atoms with van der Waals surface area (Å²) < 4.78 is 41.1. The van der Waals surface area contributed by atoms with Crippen molar-refractivity contribution in [1.82, 2.24) is 10.2 Å². The average Bonchev–Trinajstić information content (AvgIpc) is 2.97. The van der Waals surface area contributed by atoms with E-state index < -0.39 is 28.9 Å². The molecule has 0 aliphatic heterocycles. The maximum atomic E-state index is 13.8. The van der Waals surface area contributed by atoms with Crippen molar-refractivity contribution < 1.29 is 18.0 Å². The fourth-order valence-corrected chi connectivity index (χ4v) is 2.50. The second-order valence-electron chi connectivity index (χ2n) is 5.34. The summed E-state index contributed by atoms with van der Waals surface area (Å²) in [4.78, 5) is 12.4. The summed E-state index contributed by atoms with van der Waals surface area (Å²) >= 11 is 0. The fourth-order valence-electron chi connectivity index (χ4n) is 2.50. The molecule has 0 aliphatic carbocycles. The molecule has 0 bridgehead atoms. The molecule has 7 heteroatoms. The zero-order chi connectivity index (χ0) is 18.0. The number of aromatic nitrogens is 2. The van der Waals surface area contributed by atoms with Crippen LogP contribution >= 0.6 is 0 Å². The largest absolute Gasteiger partial charge is 0.318 e. The predicted octanol–water partition coefficient (Wildman–Crippen LogP) is 4.31. The summed E-state index contributed by atoms with van der Waals surface area (Å²) in [5.74, 6) is -3.34. The Morgan fingerprint density at radius 3 is 2.44 bits per heavy atom. The van der Waals surface area contributed by atoms with Crippen LogP contribution in [0.1, 0.15) is 23.0 Å². The second kappa shape index (κ2) is 6.80. The highest BCUT2D eigenvalue weighted by Crippen LogP contribution is 2.30. The minimum atomic E-state index is -0.966. The van der Waals surface area contributed by atoms with Crippen LogP contribution in [0, 0.1) is 17.5 Å². The van der Waals surface area contributed by atoms with Gasteiger partial charge in [-0.05, 0) is 30.7 Å². The van der Waals surface area contributed by atoms with Crippen LogP contribution in [0.25, 0.3) is 11.3 Å². The van der Waals surface area contributed by atoms with E-state index in [-0.39, 0.29) is 5.69 Å². The van der Waals surface area contributed by atoms with Gasteiger partial charge < -0.3 is 5.32 Å². The van der Waals surface area contributed by atoms with Crippen molar-refractivity contribution in [2.75, 3.05) is 5.32 Å². The Kier molecular flexibility index (Phi) is 4.56. The number of nitrogens with one attached hydrogen (secondary N) is 2. The Hall–Kier alpha value is -3.09. The van der Waals surface area contributed by atoms with Crippen molar-refractivity contribution in [2.24, 2.45) is 0 Å². The minimum Gasteiger partial charge on any atom is -0.318 e. The van der Waals surface area contributed by atoms with Crippen LogP contribution in [-0.4, -0.2) is 16.1 Å². The van der Waals surface area contributed by atoms with Crippen LogP contribution in [0.5, 0.6) is 0 Å². The van der Waals surface area contributed by atoms with Crippen molar-refractivity contribution in [3.05, 3.63) is 71.2 Å². The molecule has 0 unspecified atom stereocenters. The number of aryl methyl sites for hydroxylation is 1. The molecule has 1 aromatic heterocycles. The molecule has 0 spiro atoms. The summed E-state index contributed by atoms with van der Waals surface area (Å²) in [6.07, 6.45) is 0.484. The summed E-state index contributed by atoms with van der Waals surface area (Å²) in [6, 6.07) is 8.85. The van der Waals surface area contributed by atoms with E-state index in [0.717, 1.165) is 12.1 Å². The van der Waals surface area contributed by atoms with Gasteiger partial charge in [0.2, 0.25) is 0 Å². The van der Waals surface area contributed by atoms with E-state index >= 15 is 0 Å². The van der Waals surface area contributed by atoms with Gasteiger partial charge in [0.1, 0.15) is 28.7 Å². The molecular weight excluding hydrogens is 331 g/mol. The molecule has 0 fully saturated rings. The van der Waals surface area contributed by atoms with Gasteiger partial charge in [-0.2, -0.15) is 5.10 Å². The number of hydrogen-bond donors (Lipinski definition) is 2. The Balaban J connectivity index is 2.02. The first kappa shape index (κ1) is 16.8. The number of anilines is 1. The monoisotopic (exact) mass is 345 g/mol. The van der Waals surface area contributed by atoms with Gasteiger partial charge in [0, 0.05) is 5.56 Å². The maximum absolute atomic E-state index is 13.8. The summed E-state index contributed by atoms with van der Waals surface area (Å²) in [6.45, 7) is 1.82. The highest BCUT2D eigenvalue weighted by Gasteiger charge is 2.21. The molecule has 4 nitrogen and oxygen atoms in total. The number of hydrogen-bond acceptors (Lipinski definition) is 2. The maximum Gasteiger partial charge on any atom is 0.261 e. The van der Waals surface area contributed by atoms with E-state index in [0.29, 0.717) is 23.4 Å². The number of carbonyl (C=O) groups is 1. The lowest BCUT2D eigenvalue weighted by Crippen LogP contribution is -2.17. The van der Waals surface area contributed by atoms with Gasteiger partial charge in [-0.15, -0.1) is 0 Å². The van der Waals surface area contributed by atoms with Crippen LogP contribution < -0.4 is 5.32 Å². The fraction of sp³-hybridized carbons (Fsp3) is 0.111. The topological polar surface area (TPSA) is 57.8 Å². The van der Waals surface area contributed by atoms with Crippen LogP contribution in [0.4, 0.5) is 18.9 Å². The number of nitrogens with zero attached hydrogens (tertiary/aromatic N) is 1. The van der Waals surface area contributed by atoms with Crippen LogP contribution in [-0.2, 0) is 6.42 Å². The molecule has 0 aliphatic rings. The highest BCUT2D eigenvalue weighted by atomic mass is 19.1. The van der Waals surface area contributed by atoms with Gasteiger partial charge in [-0.3, -0.25) is 9.89 Å². The van der Waals surface area contributed by atoms with E-state index in [4.69, 9.17) is 0 Å². The average molecular weight is 345 g/mol. The zero-order valence-corrected chi connectivity index (χ0v) is 13.2. The molecule has 128 valence electrons. The molecule has 0 atom stereocenters. The number of H-pyrrole nitrogens is 1. The second-order valence-corrected chi connectivity index (χ2v) is 5.34. The number of amides is 1. The normalized spacial score (nSPS) is 10.7. The number of carbonyl (C=O) groups excluding carboxylic acids is 1. The van der Waals surface area contributed by atoms with Crippen molar-refractivity contribution in [1.29, 1.82) is 0 Å². The van der Waals surface area contributed by atoms with Gasteiger partial charge in [0.05, 0.1) is 11.4 Å². The first-order valence-electron chi connectivity index (χ1n) is 7.59. The summed E-state index contributed by atoms with van der Waals surface area (Å²) in [5.41, 5.74) is 0.864. The quantitative estimate of drug-likeness (QED) is 0.740. The van der Waals surface area contributed by atoms with Gasteiger partial charge in [-0.1, -0.05) is 25.1 Å². The van der Waals surface area contributed by atoms with E-state index in [1.165, 1.54) is 24.3 Å². The highest BCUT2D eigenvalue weighted by molar-refractivity contribution is 6.06. The lowest BCUT2D eigenvalue weighted by atomic mass is 10.1. The molecule has 25 heavy (non-hydrogen) atoms. The Labute approximate surface area is 141 Å². The molecular formula is C18H14F3N3O. The van der Waals surface area contributed by atoms with Crippen LogP contribution in [0.3, 0.4) is 0 Å². The van der Waals surface area contributed by atoms with Gasteiger partial charge in [0.15, 0.2) is 0 Å². The molecule has 1 heterocycles. The Morgan fingerprint density at radius 2 is 1.80 bits per heavy atom. The first-order valence-corrected chi connectivity index (χ1v) is 7.59.